The Kier molecular flexibility index (Phi) is 5.01. The average Bonchev–Trinajstić information content (AvgIpc) is 2.58. The van der Waals surface area contributed by atoms with Gasteiger partial charge in [-0.15, -0.1) is 0 Å². The first-order valence-electron chi connectivity index (χ1n) is 7.89. The Morgan fingerprint density at radius 3 is 2.50 bits per heavy atom. The van der Waals surface area contributed by atoms with Gasteiger partial charge in [0, 0.05) is 6.04 Å². The molecule has 0 amide bonds. The van der Waals surface area contributed by atoms with E-state index in [1.54, 1.807) is 0 Å². The Morgan fingerprint density at radius 1 is 1.10 bits per heavy atom. The molecule has 2 atom stereocenters. The summed E-state index contributed by atoms with van der Waals surface area (Å²) in [5, 5.41) is 4.51. The van der Waals surface area contributed by atoms with Gasteiger partial charge in [-0.2, -0.15) is 0 Å². The Morgan fingerprint density at radius 2 is 1.85 bits per heavy atom. The highest BCUT2D eigenvalue weighted by Crippen LogP contribution is 2.37. The number of rotatable bonds is 2. The van der Waals surface area contributed by atoms with Gasteiger partial charge in [0.15, 0.2) is 0 Å². The first kappa shape index (κ1) is 15.7. The molecular formula is C18H28ClN. The molecule has 2 rings (SSSR count). The number of nitrogens with one attached hydrogen (secondary N) is 1. The normalized spacial score (nSPS) is 24.2. The van der Waals surface area contributed by atoms with E-state index in [0.717, 1.165) is 16.6 Å². The van der Waals surface area contributed by atoms with Crippen LogP contribution in [0.1, 0.15) is 58.4 Å². The predicted octanol–water partition coefficient (Wildman–Crippen LogP) is 6.06. The van der Waals surface area contributed by atoms with Crippen molar-refractivity contribution in [1.82, 2.24) is 0 Å². The molecule has 1 N–H and O–H groups in total. The fraction of sp³-hybridized carbons (Fsp3) is 0.667. The summed E-state index contributed by atoms with van der Waals surface area (Å²) in [6.07, 6.45) is 6.53. The molecule has 0 bridgehead atoms. The minimum Gasteiger partial charge on any atom is -0.381 e. The largest absolute Gasteiger partial charge is 0.381 e. The van der Waals surface area contributed by atoms with E-state index in [1.165, 1.54) is 37.7 Å². The van der Waals surface area contributed by atoms with Gasteiger partial charge in [0.2, 0.25) is 0 Å². The van der Waals surface area contributed by atoms with Crippen molar-refractivity contribution >= 4 is 17.3 Å². The molecule has 0 spiro atoms. The van der Waals surface area contributed by atoms with E-state index in [-0.39, 0.29) is 0 Å². The maximum absolute atomic E-state index is 6.33. The lowest BCUT2D eigenvalue weighted by molar-refractivity contribution is 0.214. The van der Waals surface area contributed by atoms with Gasteiger partial charge in [0.25, 0.3) is 0 Å². The lowest BCUT2D eigenvalue weighted by Gasteiger charge is -2.29. The molecule has 20 heavy (non-hydrogen) atoms. The molecule has 112 valence electrons. The first-order valence-corrected chi connectivity index (χ1v) is 8.27. The summed E-state index contributed by atoms with van der Waals surface area (Å²) in [6.45, 7) is 9.21. The van der Waals surface area contributed by atoms with E-state index in [4.69, 9.17) is 11.6 Å². The van der Waals surface area contributed by atoms with Crippen molar-refractivity contribution in [2.45, 2.75) is 65.8 Å². The highest BCUT2D eigenvalue weighted by atomic mass is 35.5. The fourth-order valence-corrected chi connectivity index (χ4v) is 3.56. The molecule has 0 heterocycles. The minimum atomic E-state index is 0.441. The number of aryl methyl sites for hydroxylation is 1. The Balaban J connectivity index is 1.97. The summed E-state index contributed by atoms with van der Waals surface area (Å²) in [5.74, 6) is 0.850. The van der Waals surface area contributed by atoms with Gasteiger partial charge in [0.1, 0.15) is 0 Å². The lowest BCUT2D eigenvalue weighted by atomic mass is 9.76. The zero-order valence-electron chi connectivity index (χ0n) is 13.3. The van der Waals surface area contributed by atoms with Crippen LogP contribution in [0.4, 0.5) is 5.69 Å². The SMILES string of the molecule is Cc1ccc(NC2CCCC(C(C)(C)C)CC2)c(Cl)c1. The van der Waals surface area contributed by atoms with E-state index in [9.17, 15) is 0 Å². The van der Waals surface area contributed by atoms with Crippen LogP contribution in [-0.4, -0.2) is 6.04 Å². The van der Waals surface area contributed by atoms with Crippen molar-refractivity contribution in [3.05, 3.63) is 28.8 Å². The van der Waals surface area contributed by atoms with E-state index >= 15 is 0 Å². The van der Waals surface area contributed by atoms with Crippen molar-refractivity contribution in [3.8, 4) is 0 Å². The number of anilines is 1. The number of halogens is 1. The highest BCUT2D eigenvalue weighted by molar-refractivity contribution is 6.33. The van der Waals surface area contributed by atoms with E-state index in [1.807, 2.05) is 6.07 Å². The Hall–Kier alpha value is -0.690. The monoisotopic (exact) mass is 293 g/mol. The van der Waals surface area contributed by atoms with Crippen LogP contribution >= 0.6 is 11.6 Å². The lowest BCUT2D eigenvalue weighted by Crippen LogP contribution is -2.21. The summed E-state index contributed by atoms with van der Waals surface area (Å²) >= 11 is 6.33. The van der Waals surface area contributed by atoms with E-state index < -0.39 is 0 Å². The standard InChI is InChI=1S/C18H28ClN/c1-13-8-11-17(16(19)12-13)20-15-7-5-6-14(9-10-15)18(2,3)4/h8,11-12,14-15,20H,5-7,9-10H2,1-4H3. The summed E-state index contributed by atoms with van der Waals surface area (Å²) < 4.78 is 0. The molecule has 1 fully saturated rings. The van der Waals surface area contributed by atoms with Crippen molar-refractivity contribution in [2.24, 2.45) is 11.3 Å². The molecule has 1 aliphatic rings. The molecule has 2 heteroatoms. The summed E-state index contributed by atoms with van der Waals surface area (Å²) in [7, 11) is 0. The summed E-state index contributed by atoms with van der Waals surface area (Å²) in [5.41, 5.74) is 2.75. The van der Waals surface area contributed by atoms with Crippen molar-refractivity contribution in [2.75, 3.05) is 5.32 Å². The smallest absolute Gasteiger partial charge is 0.0640 e. The Labute approximate surface area is 129 Å². The van der Waals surface area contributed by atoms with Gasteiger partial charge >= 0.3 is 0 Å². The molecule has 0 aromatic heterocycles. The number of hydrogen-bond donors (Lipinski definition) is 1. The molecule has 0 aliphatic heterocycles. The third-order valence-corrected chi connectivity index (χ3v) is 4.99. The molecule has 0 radical (unpaired) electrons. The van der Waals surface area contributed by atoms with Gasteiger partial charge in [-0.3, -0.25) is 0 Å². The molecule has 2 unspecified atom stereocenters. The van der Waals surface area contributed by atoms with Crippen LogP contribution in [0.25, 0.3) is 0 Å². The molecular weight excluding hydrogens is 266 g/mol. The third-order valence-electron chi connectivity index (χ3n) is 4.68. The van der Waals surface area contributed by atoms with Gasteiger partial charge in [-0.1, -0.05) is 44.9 Å². The molecule has 0 saturated heterocycles. The van der Waals surface area contributed by atoms with Crippen LogP contribution in [0.3, 0.4) is 0 Å². The topological polar surface area (TPSA) is 12.0 Å². The van der Waals surface area contributed by atoms with Gasteiger partial charge in [-0.25, -0.2) is 0 Å². The van der Waals surface area contributed by atoms with Crippen LogP contribution in [-0.2, 0) is 0 Å². The van der Waals surface area contributed by atoms with Gasteiger partial charge in [-0.05, 0) is 61.6 Å². The van der Waals surface area contributed by atoms with E-state index in [0.29, 0.717) is 11.5 Å². The zero-order chi connectivity index (χ0) is 14.8. The Bertz CT molecular complexity index is 447. The third kappa shape index (κ3) is 4.15. The second-order valence-corrected chi connectivity index (χ2v) is 7.80. The maximum Gasteiger partial charge on any atom is 0.0640 e. The van der Waals surface area contributed by atoms with Crippen LogP contribution in [0, 0.1) is 18.3 Å². The molecule has 1 aliphatic carbocycles. The molecule has 1 saturated carbocycles. The first-order chi connectivity index (χ1) is 9.36. The van der Waals surface area contributed by atoms with Crippen molar-refractivity contribution < 1.29 is 0 Å². The zero-order valence-corrected chi connectivity index (χ0v) is 14.1. The highest BCUT2D eigenvalue weighted by Gasteiger charge is 2.27. The molecule has 1 aromatic rings. The molecule has 1 nitrogen and oxygen atoms in total. The fourth-order valence-electron chi connectivity index (χ4n) is 3.27. The van der Waals surface area contributed by atoms with Crippen molar-refractivity contribution in [1.29, 1.82) is 0 Å². The van der Waals surface area contributed by atoms with Crippen LogP contribution < -0.4 is 5.32 Å². The maximum atomic E-state index is 6.33. The van der Waals surface area contributed by atoms with Gasteiger partial charge in [0.05, 0.1) is 10.7 Å². The average molecular weight is 294 g/mol. The van der Waals surface area contributed by atoms with Crippen molar-refractivity contribution in [3.63, 3.8) is 0 Å². The van der Waals surface area contributed by atoms with Crippen LogP contribution in [0.15, 0.2) is 18.2 Å². The quantitative estimate of drug-likeness (QED) is 0.654. The van der Waals surface area contributed by atoms with E-state index in [2.05, 4.69) is 45.1 Å². The van der Waals surface area contributed by atoms with Gasteiger partial charge < -0.3 is 5.32 Å². The van der Waals surface area contributed by atoms with Crippen LogP contribution in [0.5, 0.6) is 0 Å². The summed E-state index contributed by atoms with van der Waals surface area (Å²) in [4.78, 5) is 0. The molecule has 1 aromatic carbocycles. The number of hydrogen-bond acceptors (Lipinski definition) is 1. The summed E-state index contributed by atoms with van der Waals surface area (Å²) in [6, 6.07) is 6.85. The second kappa shape index (κ2) is 6.39. The minimum absolute atomic E-state index is 0.441. The predicted molar refractivity (Wildman–Crippen MR) is 89.6 cm³/mol. The number of benzene rings is 1. The second-order valence-electron chi connectivity index (χ2n) is 7.40. The van der Waals surface area contributed by atoms with Crippen LogP contribution in [0.2, 0.25) is 5.02 Å².